The van der Waals surface area contributed by atoms with Crippen molar-refractivity contribution >= 4 is 15.9 Å². The number of ether oxygens (including phenoxy) is 4. The maximum absolute atomic E-state index is 12.2. The Morgan fingerprint density at radius 2 is 1.42 bits per heavy atom. The third-order valence-electron chi connectivity index (χ3n) is 4.70. The van der Waals surface area contributed by atoms with E-state index < -0.39 is 10.0 Å². The van der Waals surface area contributed by atoms with Crippen LogP contribution in [-0.4, -0.2) is 120 Å². The van der Waals surface area contributed by atoms with Gasteiger partial charge in [-0.25, -0.2) is 8.42 Å². The van der Waals surface area contributed by atoms with E-state index in [1.54, 1.807) is 18.2 Å². The van der Waals surface area contributed by atoms with Crippen LogP contribution in [0, 0.1) is 0 Å². The Hall–Kier alpha value is -0.820. The highest BCUT2D eigenvalue weighted by Gasteiger charge is 2.28. The summed E-state index contributed by atoms with van der Waals surface area (Å²) in [5, 5.41) is 2.35. The average molecular weight is 468 g/mol. The number of hydrogen-bond donors (Lipinski definition) is 1. The summed E-state index contributed by atoms with van der Waals surface area (Å²) in [6, 6.07) is 0. The normalized spacial score (nSPS) is 16.3. The predicted octanol–water partition coefficient (Wildman–Crippen LogP) is -0.0668. The fourth-order valence-electron chi connectivity index (χ4n) is 2.80. The predicted molar refractivity (Wildman–Crippen MR) is 119 cm³/mol. The highest BCUT2D eigenvalue weighted by Crippen LogP contribution is 2.12. The molecule has 0 radical (unpaired) electrons. The number of sulfonamides is 1. The second-order valence-electron chi connectivity index (χ2n) is 7.88. The first-order valence-electron chi connectivity index (χ1n) is 11.1. The van der Waals surface area contributed by atoms with E-state index in [1.165, 1.54) is 0 Å². The average Bonchev–Trinajstić information content (AvgIpc) is 2.73. The summed E-state index contributed by atoms with van der Waals surface area (Å²) in [6.45, 7) is 14.0. The third-order valence-corrected chi connectivity index (χ3v) is 6.98. The van der Waals surface area contributed by atoms with Crippen LogP contribution < -0.4 is 5.32 Å². The van der Waals surface area contributed by atoms with Crippen LogP contribution in [0.3, 0.4) is 0 Å². The third kappa shape index (κ3) is 12.7. The van der Waals surface area contributed by atoms with Gasteiger partial charge in [-0.1, -0.05) is 0 Å². The second kappa shape index (κ2) is 15.9. The quantitative estimate of drug-likeness (QED) is 0.297. The van der Waals surface area contributed by atoms with Crippen molar-refractivity contribution in [3.63, 3.8) is 0 Å². The topological polar surface area (TPSA) is 107 Å². The molecule has 0 aromatic heterocycles. The summed E-state index contributed by atoms with van der Waals surface area (Å²) in [7, 11) is -3.15. The van der Waals surface area contributed by atoms with Gasteiger partial charge in [-0.15, -0.1) is 0 Å². The van der Waals surface area contributed by atoms with Gasteiger partial charge in [0.2, 0.25) is 15.9 Å². The van der Waals surface area contributed by atoms with E-state index >= 15 is 0 Å². The molecule has 11 heteroatoms. The van der Waals surface area contributed by atoms with Crippen LogP contribution in [0.15, 0.2) is 0 Å². The van der Waals surface area contributed by atoms with E-state index in [4.69, 9.17) is 18.9 Å². The van der Waals surface area contributed by atoms with Crippen molar-refractivity contribution in [1.82, 2.24) is 14.5 Å². The SMILES string of the molecule is CC(C)OCC(=O)NCCOCCOCCOCCN1CCN(S(=O)(=O)C(C)C)CC1. The highest BCUT2D eigenvalue weighted by molar-refractivity contribution is 7.89. The van der Waals surface area contributed by atoms with E-state index in [0.29, 0.717) is 59.3 Å². The van der Waals surface area contributed by atoms with Gasteiger partial charge in [0.05, 0.1) is 51.0 Å². The van der Waals surface area contributed by atoms with Gasteiger partial charge in [0, 0.05) is 39.3 Å². The number of piperazine rings is 1. The van der Waals surface area contributed by atoms with Crippen molar-refractivity contribution in [3.8, 4) is 0 Å². The lowest BCUT2D eigenvalue weighted by Crippen LogP contribution is -2.50. The molecule has 1 saturated heterocycles. The first kappa shape index (κ1) is 28.2. The summed E-state index contributed by atoms with van der Waals surface area (Å²) in [4.78, 5) is 13.6. The second-order valence-corrected chi connectivity index (χ2v) is 10.4. The number of rotatable bonds is 17. The number of amides is 1. The standard InChI is InChI=1S/C20H41N3O7S/c1-18(2)30-17-20(24)21-5-11-27-13-15-29-16-14-28-12-10-22-6-8-23(9-7-22)31(25,26)19(3)4/h18-19H,5-17H2,1-4H3,(H,21,24). The van der Waals surface area contributed by atoms with E-state index in [0.717, 1.165) is 19.6 Å². The number of nitrogens with zero attached hydrogens (tertiary/aromatic N) is 2. The van der Waals surface area contributed by atoms with Crippen molar-refractivity contribution in [3.05, 3.63) is 0 Å². The summed E-state index contributed by atoms with van der Waals surface area (Å²) in [5.74, 6) is -0.145. The fourth-order valence-corrected chi connectivity index (χ4v) is 4.07. The molecule has 31 heavy (non-hydrogen) atoms. The Morgan fingerprint density at radius 1 is 0.871 bits per heavy atom. The van der Waals surface area contributed by atoms with Crippen LogP contribution in [0.2, 0.25) is 0 Å². The highest BCUT2D eigenvalue weighted by atomic mass is 32.2. The zero-order valence-corrected chi connectivity index (χ0v) is 20.3. The van der Waals surface area contributed by atoms with Crippen molar-refractivity contribution < 1.29 is 32.2 Å². The molecule has 0 aliphatic carbocycles. The molecule has 1 rings (SSSR count). The number of carbonyl (C=O) groups is 1. The first-order valence-corrected chi connectivity index (χ1v) is 12.6. The Labute approximate surface area is 187 Å². The van der Waals surface area contributed by atoms with Crippen LogP contribution in [0.25, 0.3) is 0 Å². The Kier molecular flexibility index (Phi) is 14.5. The van der Waals surface area contributed by atoms with Crippen LogP contribution >= 0.6 is 0 Å². The molecule has 1 heterocycles. The molecule has 10 nitrogen and oxygen atoms in total. The zero-order chi connectivity index (χ0) is 23.1. The van der Waals surface area contributed by atoms with Crippen LogP contribution in [0.1, 0.15) is 27.7 Å². The monoisotopic (exact) mass is 467 g/mol. The smallest absolute Gasteiger partial charge is 0.246 e. The first-order chi connectivity index (χ1) is 14.7. The van der Waals surface area contributed by atoms with Crippen LogP contribution in [0.4, 0.5) is 0 Å². The van der Waals surface area contributed by atoms with E-state index in [-0.39, 0.29) is 23.9 Å². The molecule has 0 saturated carbocycles. The molecule has 1 N–H and O–H groups in total. The maximum atomic E-state index is 12.2. The summed E-state index contributed by atoms with van der Waals surface area (Å²) < 4.78 is 47.5. The van der Waals surface area contributed by atoms with Crippen molar-refractivity contribution in [2.75, 3.05) is 85.5 Å². The van der Waals surface area contributed by atoms with Crippen molar-refractivity contribution in [1.29, 1.82) is 0 Å². The molecule has 184 valence electrons. The lowest BCUT2D eigenvalue weighted by Gasteiger charge is -2.34. The number of carbonyl (C=O) groups excluding carboxylic acids is 1. The molecule has 1 fully saturated rings. The van der Waals surface area contributed by atoms with Gasteiger partial charge in [-0.3, -0.25) is 9.69 Å². The largest absolute Gasteiger partial charge is 0.378 e. The van der Waals surface area contributed by atoms with E-state index in [1.807, 2.05) is 13.8 Å². The number of nitrogens with one attached hydrogen (secondary N) is 1. The van der Waals surface area contributed by atoms with Crippen molar-refractivity contribution in [2.45, 2.75) is 39.0 Å². The van der Waals surface area contributed by atoms with Gasteiger partial charge >= 0.3 is 0 Å². The maximum Gasteiger partial charge on any atom is 0.246 e. The van der Waals surface area contributed by atoms with Crippen LogP contribution in [0.5, 0.6) is 0 Å². The molecule has 0 spiro atoms. The van der Waals surface area contributed by atoms with Gasteiger partial charge in [0.25, 0.3) is 0 Å². The van der Waals surface area contributed by atoms with Gasteiger partial charge in [0.15, 0.2) is 0 Å². The van der Waals surface area contributed by atoms with Crippen LogP contribution in [-0.2, 0) is 33.8 Å². The Morgan fingerprint density at radius 3 is 1.97 bits per heavy atom. The van der Waals surface area contributed by atoms with E-state index in [9.17, 15) is 13.2 Å². The molecular weight excluding hydrogens is 426 g/mol. The molecular formula is C20H41N3O7S. The van der Waals surface area contributed by atoms with Gasteiger partial charge in [-0.2, -0.15) is 4.31 Å². The summed E-state index contributed by atoms with van der Waals surface area (Å²) in [5.41, 5.74) is 0. The minimum absolute atomic E-state index is 0.0366. The number of hydrogen-bond acceptors (Lipinski definition) is 8. The molecule has 0 bridgehead atoms. The molecule has 0 aromatic carbocycles. The molecule has 0 atom stereocenters. The minimum atomic E-state index is -3.15. The molecule has 1 aliphatic rings. The molecule has 1 aliphatic heterocycles. The zero-order valence-electron chi connectivity index (χ0n) is 19.5. The van der Waals surface area contributed by atoms with Gasteiger partial charge < -0.3 is 24.3 Å². The van der Waals surface area contributed by atoms with Gasteiger partial charge in [0.1, 0.15) is 6.61 Å². The lowest BCUT2D eigenvalue weighted by atomic mass is 10.3. The Balaban J connectivity index is 1.88. The molecule has 1 amide bonds. The Bertz CT molecular complexity index is 579. The molecule has 0 aromatic rings. The van der Waals surface area contributed by atoms with Crippen molar-refractivity contribution in [2.24, 2.45) is 0 Å². The van der Waals surface area contributed by atoms with Gasteiger partial charge in [-0.05, 0) is 27.7 Å². The minimum Gasteiger partial charge on any atom is -0.378 e. The summed E-state index contributed by atoms with van der Waals surface area (Å²) in [6.07, 6.45) is 0.0366. The van der Waals surface area contributed by atoms with E-state index in [2.05, 4.69) is 10.2 Å². The fraction of sp³-hybridized carbons (Fsp3) is 0.950. The summed E-state index contributed by atoms with van der Waals surface area (Å²) >= 11 is 0. The molecule has 0 unspecified atom stereocenters. The lowest BCUT2D eigenvalue weighted by molar-refractivity contribution is -0.127.